The van der Waals surface area contributed by atoms with Crippen LogP contribution in [0.25, 0.3) is 0 Å². The van der Waals surface area contributed by atoms with Gasteiger partial charge in [0.25, 0.3) is 0 Å². The Kier molecular flexibility index (Phi) is 48.1. The molecule has 0 aliphatic heterocycles. The normalized spacial score (nSPS) is 13.1. The van der Waals surface area contributed by atoms with E-state index >= 15 is 0 Å². The van der Waals surface area contributed by atoms with Crippen LogP contribution in [0, 0.1) is 0 Å². The number of hydrogen-bond acceptors (Lipinski definition) is 6. The summed E-state index contributed by atoms with van der Waals surface area (Å²) < 4.78 is 16.7. The van der Waals surface area contributed by atoms with Gasteiger partial charge in [0, 0.05) is 19.3 Å². The summed E-state index contributed by atoms with van der Waals surface area (Å²) in [6.07, 6.45) is 70.5. The molecule has 1 unspecified atom stereocenters. The predicted molar refractivity (Wildman–Crippen MR) is 274 cm³/mol. The zero-order valence-electron chi connectivity index (χ0n) is 41.0. The molecular formula is C58H92O6. The standard InChI is InChI=1S/C58H92O6/c1-4-7-10-13-16-19-22-25-28-30-33-36-39-42-45-48-51-57(60)63-54-55(53-62-56(59)50-47-44-41-38-35-32-27-24-21-18-15-12-9-6-3)64-58(61)52-49-46-43-40-37-34-31-29-26-23-20-17-14-11-8-5-2/h7,9-10,12,16,18-19,21,25,27-29,31-34,36-37,42,45,55H,4-6,8,11,13-15,17,20,22-24,26,30,35,38-41,43-44,46-54H2,1-3H3/b10-7-,12-9-,19-16-,21-18-,28-25-,31-29-,32-27-,36-33-,37-34-,45-42-. The second-order valence-corrected chi connectivity index (χ2v) is 16.3. The smallest absolute Gasteiger partial charge is 0.306 e. The minimum absolute atomic E-state index is 0.127. The number of unbranched alkanes of at least 4 members (excludes halogenated alkanes) is 14. The molecule has 0 aliphatic rings. The monoisotopic (exact) mass is 885 g/mol. The predicted octanol–water partition coefficient (Wildman–Crippen LogP) is 16.9. The molecule has 0 rings (SSSR count). The summed E-state index contributed by atoms with van der Waals surface area (Å²) in [5, 5.41) is 0. The number of esters is 3. The van der Waals surface area contributed by atoms with Crippen molar-refractivity contribution in [2.24, 2.45) is 0 Å². The van der Waals surface area contributed by atoms with Crippen LogP contribution in [0.15, 0.2) is 122 Å². The van der Waals surface area contributed by atoms with Gasteiger partial charge in [0.2, 0.25) is 0 Å². The Hall–Kier alpha value is -4.19. The van der Waals surface area contributed by atoms with Crippen LogP contribution < -0.4 is 0 Å². The molecule has 0 spiro atoms. The Morgan fingerprint density at radius 1 is 0.344 bits per heavy atom. The molecule has 1 atom stereocenters. The van der Waals surface area contributed by atoms with E-state index < -0.39 is 6.10 Å². The third-order valence-corrected chi connectivity index (χ3v) is 10.2. The van der Waals surface area contributed by atoms with Gasteiger partial charge < -0.3 is 14.2 Å². The summed E-state index contributed by atoms with van der Waals surface area (Å²) in [6, 6.07) is 0. The molecule has 0 aromatic heterocycles. The van der Waals surface area contributed by atoms with Crippen molar-refractivity contribution in [1.82, 2.24) is 0 Å². The van der Waals surface area contributed by atoms with E-state index in [9.17, 15) is 14.4 Å². The fraction of sp³-hybridized carbons (Fsp3) is 0.603. The van der Waals surface area contributed by atoms with Crippen molar-refractivity contribution in [2.45, 2.75) is 213 Å². The molecule has 0 bridgehead atoms. The van der Waals surface area contributed by atoms with Crippen LogP contribution in [0.2, 0.25) is 0 Å². The molecule has 0 aromatic rings. The lowest BCUT2D eigenvalue weighted by Crippen LogP contribution is -2.30. The lowest BCUT2D eigenvalue weighted by atomic mass is 10.1. The maximum absolute atomic E-state index is 12.8. The van der Waals surface area contributed by atoms with E-state index in [2.05, 4.69) is 130 Å². The number of allylic oxidation sites excluding steroid dienone is 20. The third kappa shape index (κ3) is 48.8. The zero-order chi connectivity index (χ0) is 46.5. The van der Waals surface area contributed by atoms with Crippen LogP contribution in [0.4, 0.5) is 0 Å². The summed E-state index contributed by atoms with van der Waals surface area (Å²) >= 11 is 0. The van der Waals surface area contributed by atoms with Crippen molar-refractivity contribution >= 4 is 17.9 Å². The van der Waals surface area contributed by atoms with Gasteiger partial charge in [-0.25, -0.2) is 0 Å². The second-order valence-electron chi connectivity index (χ2n) is 16.3. The van der Waals surface area contributed by atoms with Crippen LogP contribution in [0.5, 0.6) is 0 Å². The Morgan fingerprint density at radius 3 is 1.16 bits per heavy atom. The topological polar surface area (TPSA) is 78.9 Å². The van der Waals surface area contributed by atoms with Crippen LogP contribution in [0.1, 0.15) is 207 Å². The average molecular weight is 885 g/mol. The van der Waals surface area contributed by atoms with E-state index in [-0.39, 0.29) is 44.0 Å². The summed E-state index contributed by atoms with van der Waals surface area (Å²) in [4.78, 5) is 37.9. The number of ether oxygens (including phenoxy) is 3. The van der Waals surface area contributed by atoms with Gasteiger partial charge >= 0.3 is 17.9 Å². The molecule has 0 fully saturated rings. The quantitative estimate of drug-likeness (QED) is 0.0199. The second kappa shape index (κ2) is 51.4. The van der Waals surface area contributed by atoms with Crippen molar-refractivity contribution in [3.8, 4) is 0 Å². The molecule has 0 saturated carbocycles. The van der Waals surface area contributed by atoms with E-state index in [1.807, 2.05) is 12.2 Å². The average Bonchev–Trinajstić information content (AvgIpc) is 3.29. The number of rotatable bonds is 44. The van der Waals surface area contributed by atoms with Crippen molar-refractivity contribution in [1.29, 1.82) is 0 Å². The van der Waals surface area contributed by atoms with Gasteiger partial charge in [-0.15, -0.1) is 0 Å². The molecule has 6 heteroatoms. The number of carbonyl (C=O) groups is 3. The van der Waals surface area contributed by atoms with Gasteiger partial charge in [-0.05, 0) is 109 Å². The van der Waals surface area contributed by atoms with Crippen LogP contribution in [0.3, 0.4) is 0 Å². The van der Waals surface area contributed by atoms with Gasteiger partial charge in [0.15, 0.2) is 6.10 Å². The Balaban J connectivity index is 4.60. The Bertz CT molecular complexity index is 1390. The molecule has 0 heterocycles. The first-order chi connectivity index (χ1) is 31.5. The van der Waals surface area contributed by atoms with Gasteiger partial charge in [0.1, 0.15) is 13.2 Å². The molecule has 0 aromatic carbocycles. The highest BCUT2D eigenvalue weighted by Crippen LogP contribution is 2.12. The van der Waals surface area contributed by atoms with Gasteiger partial charge in [-0.1, -0.05) is 200 Å². The maximum Gasteiger partial charge on any atom is 0.306 e. The first kappa shape index (κ1) is 59.8. The van der Waals surface area contributed by atoms with Crippen molar-refractivity contribution in [2.75, 3.05) is 13.2 Å². The lowest BCUT2D eigenvalue weighted by Gasteiger charge is -2.18. The highest BCUT2D eigenvalue weighted by Gasteiger charge is 2.19. The van der Waals surface area contributed by atoms with Crippen molar-refractivity contribution in [3.63, 3.8) is 0 Å². The number of hydrogen-bond donors (Lipinski definition) is 0. The highest BCUT2D eigenvalue weighted by molar-refractivity contribution is 5.71. The molecule has 64 heavy (non-hydrogen) atoms. The summed E-state index contributed by atoms with van der Waals surface area (Å²) in [7, 11) is 0. The van der Waals surface area contributed by atoms with Crippen LogP contribution >= 0.6 is 0 Å². The Labute approximate surface area is 392 Å². The summed E-state index contributed by atoms with van der Waals surface area (Å²) in [5.74, 6) is -1.07. The lowest BCUT2D eigenvalue weighted by molar-refractivity contribution is -0.166. The Morgan fingerprint density at radius 2 is 0.688 bits per heavy atom. The fourth-order valence-electron chi connectivity index (χ4n) is 6.44. The minimum Gasteiger partial charge on any atom is -0.462 e. The summed E-state index contributed by atoms with van der Waals surface area (Å²) in [5.41, 5.74) is 0. The largest absolute Gasteiger partial charge is 0.462 e. The minimum atomic E-state index is -0.834. The van der Waals surface area contributed by atoms with Crippen molar-refractivity contribution < 1.29 is 28.6 Å². The van der Waals surface area contributed by atoms with E-state index in [1.54, 1.807) is 0 Å². The van der Waals surface area contributed by atoms with Crippen LogP contribution in [-0.2, 0) is 28.6 Å². The molecule has 0 aliphatic carbocycles. The van der Waals surface area contributed by atoms with Gasteiger partial charge in [0.05, 0.1) is 0 Å². The SMILES string of the molecule is CC/C=C\C/C=C\C/C=C\C/C=C\C/C=C\CCC(=O)OCC(COC(=O)CCCCCC/C=C\C/C=C\C/C=C\CC)OC(=O)CCCCC/C=C\C=C/CCCCCCCCC. The molecule has 6 nitrogen and oxygen atoms in total. The van der Waals surface area contributed by atoms with Gasteiger partial charge in [-0.2, -0.15) is 0 Å². The zero-order valence-corrected chi connectivity index (χ0v) is 41.0. The summed E-state index contributed by atoms with van der Waals surface area (Å²) in [6.45, 7) is 6.28. The molecule has 0 N–H and O–H groups in total. The van der Waals surface area contributed by atoms with Crippen LogP contribution in [-0.4, -0.2) is 37.2 Å². The first-order valence-corrected chi connectivity index (χ1v) is 25.6. The third-order valence-electron chi connectivity index (χ3n) is 10.2. The number of carbonyl (C=O) groups excluding carboxylic acids is 3. The van der Waals surface area contributed by atoms with E-state index in [0.717, 1.165) is 109 Å². The van der Waals surface area contributed by atoms with E-state index in [4.69, 9.17) is 14.2 Å². The molecular weight excluding hydrogens is 793 g/mol. The first-order valence-electron chi connectivity index (χ1n) is 25.6. The van der Waals surface area contributed by atoms with E-state index in [1.165, 1.54) is 44.9 Å². The fourth-order valence-corrected chi connectivity index (χ4v) is 6.44. The highest BCUT2D eigenvalue weighted by atomic mass is 16.6. The van der Waals surface area contributed by atoms with Gasteiger partial charge in [-0.3, -0.25) is 14.4 Å². The molecule has 0 amide bonds. The molecule has 0 radical (unpaired) electrons. The van der Waals surface area contributed by atoms with E-state index in [0.29, 0.717) is 19.3 Å². The molecule has 360 valence electrons. The maximum atomic E-state index is 12.8. The molecule has 0 saturated heterocycles. The van der Waals surface area contributed by atoms with Crippen molar-refractivity contribution in [3.05, 3.63) is 122 Å².